The fraction of sp³-hybridized carbons (Fsp3) is 0.739. The van der Waals surface area contributed by atoms with E-state index in [1.54, 1.807) is 20.8 Å². The Morgan fingerprint density at radius 2 is 1.15 bits per heavy atom. The van der Waals surface area contributed by atoms with Crippen LogP contribution in [0.15, 0.2) is 23.3 Å². The lowest BCUT2D eigenvalue weighted by Crippen LogP contribution is -2.63. The van der Waals surface area contributed by atoms with Crippen LogP contribution in [0.4, 0.5) is 0 Å². The molecule has 0 bridgehead atoms. The number of ketones is 6. The van der Waals surface area contributed by atoms with Crippen LogP contribution in [0.1, 0.15) is 111 Å². The maximum absolute atomic E-state index is 14.9. The van der Waals surface area contributed by atoms with Gasteiger partial charge in [0.25, 0.3) is 0 Å². The second-order valence-corrected chi connectivity index (χ2v) is 20.6. The Hall–Kier alpha value is -3.72. The minimum atomic E-state index is -1.91. The van der Waals surface area contributed by atoms with Crippen LogP contribution in [-0.2, 0) is 43.1 Å². The first kappa shape index (κ1) is 42.9. The number of carbonyl (C=O) groups is 8. The molecule has 3 unspecified atom stereocenters. The van der Waals surface area contributed by atoms with Gasteiger partial charge in [-0.25, -0.2) is 0 Å². The molecule has 0 heterocycles. The second kappa shape index (κ2) is 14.2. The van der Waals surface area contributed by atoms with Crippen molar-refractivity contribution >= 4 is 46.6 Å². The number of aliphatic hydroxyl groups excluding tert-OH is 2. The van der Waals surface area contributed by atoms with Gasteiger partial charge >= 0.3 is 11.9 Å². The van der Waals surface area contributed by atoms with Gasteiger partial charge in [0.15, 0.2) is 23.1 Å². The Bertz CT molecular complexity index is 2050. The van der Waals surface area contributed by atoms with E-state index in [1.807, 2.05) is 6.92 Å². The molecule has 14 heteroatoms. The van der Waals surface area contributed by atoms with Gasteiger partial charge in [-0.2, -0.15) is 0 Å². The topological polar surface area (TPSA) is 247 Å². The number of fused-ring (bicyclic) bond motifs is 10. The molecule has 8 aliphatic carbocycles. The summed E-state index contributed by atoms with van der Waals surface area (Å²) in [5.41, 5.74) is -7.20. The standard InChI is InChI=1S/C46H58O14/c1-41-18-32(51)38-26(29(41)9-11-45(41,58)34(53)20-47)7-5-22-13-24(49)15-31(43(22,38)3)28(17-37(55)56)40(57)60-36-16-25(50)14-23-6-8-27-30-10-12-46(59,35(54)21-48)42(30,2)19-33(52)39(27)44(23,36)4/h13-14,26-31,36,38-39,47-48,58-59H,5-12,15-21H2,1-4H3,(H,55,56)/t26-,27-,28?,29-,30-,31?,36?,38+,39+,41-,42-,43+,44+,45-,46-/m0/s1. The Morgan fingerprint density at radius 1 is 0.700 bits per heavy atom. The number of aliphatic hydroxyl groups is 4. The molecule has 326 valence electrons. The number of hydrogen-bond acceptors (Lipinski definition) is 13. The first-order chi connectivity index (χ1) is 28.1. The molecular formula is C46H58O14. The van der Waals surface area contributed by atoms with Crippen LogP contribution in [0.5, 0.6) is 0 Å². The molecule has 14 nitrogen and oxygen atoms in total. The van der Waals surface area contributed by atoms with E-state index in [4.69, 9.17) is 4.74 Å². The van der Waals surface area contributed by atoms with Crippen molar-refractivity contribution in [1.82, 2.24) is 0 Å². The van der Waals surface area contributed by atoms with Gasteiger partial charge in [0.2, 0.25) is 0 Å². The average Bonchev–Trinajstić information content (AvgIpc) is 3.61. The summed E-state index contributed by atoms with van der Waals surface area (Å²) in [4.78, 5) is 110. The number of esters is 1. The van der Waals surface area contributed by atoms with E-state index in [0.29, 0.717) is 49.7 Å². The highest BCUT2D eigenvalue weighted by atomic mass is 16.5. The Labute approximate surface area is 348 Å². The van der Waals surface area contributed by atoms with Crippen LogP contribution < -0.4 is 0 Å². The Balaban J connectivity index is 1.14. The molecule has 0 aromatic carbocycles. The first-order valence-corrected chi connectivity index (χ1v) is 21.7. The lowest BCUT2D eigenvalue weighted by atomic mass is 9.42. The number of Topliss-reactive ketones (excluding diaryl/α,β-unsaturated/α-hetero) is 4. The van der Waals surface area contributed by atoms with Gasteiger partial charge in [0, 0.05) is 59.2 Å². The zero-order valence-electron chi connectivity index (χ0n) is 34.9. The second-order valence-electron chi connectivity index (χ2n) is 20.6. The van der Waals surface area contributed by atoms with Gasteiger partial charge in [-0.05, 0) is 93.1 Å². The molecule has 0 aromatic rings. The molecule has 6 saturated carbocycles. The summed E-state index contributed by atoms with van der Waals surface area (Å²) in [5, 5.41) is 53.3. The fourth-order valence-electron chi connectivity index (χ4n) is 15.6. The van der Waals surface area contributed by atoms with Crippen molar-refractivity contribution in [3.8, 4) is 0 Å². The van der Waals surface area contributed by atoms with E-state index < -0.39 is 106 Å². The quantitative estimate of drug-likeness (QED) is 0.210. The highest BCUT2D eigenvalue weighted by Gasteiger charge is 2.72. The van der Waals surface area contributed by atoms with Gasteiger partial charge in [-0.3, -0.25) is 38.4 Å². The maximum Gasteiger partial charge on any atom is 0.310 e. The molecule has 0 aliphatic heterocycles. The summed E-state index contributed by atoms with van der Waals surface area (Å²) >= 11 is 0. The number of carboxylic acids is 1. The third kappa shape index (κ3) is 5.57. The van der Waals surface area contributed by atoms with Crippen molar-refractivity contribution in [1.29, 1.82) is 0 Å². The lowest BCUT2D eigenvalue weighted by Gasteiger charge is -2.60. The van der Waals surface area contributed by atoms with Crippen molar-refractivity contribution < 1.29 is 68.6 Å². The summed E-state index contributed by atoms with van der Waals surface area (Å²) in [6, 6.07) is 0. The Kier molecular flexibility index (Phi) is 10.1. The van der Waals surface area contributed by atoms with Gasteiger partial charge in [-0.1, -0.05) is 38.8 Å². The number of carbonyl (C=O) groups excluding carboxylic acids is 7. The predicted molar refractivity (Wildman–Crippen MR) is 208 cm³/mol. The third-order valence-corrected chi connectivity index (χ3v) is 18.6. The Morgan fingerprint density at radius 3 is 1.62 bits per heavy atom. The molecule has 15 atom stereocenters. The van der Waals surface area contributed by atoms with Crippen LogP contribution in [0.2, 0.25) is 0 Å². The molecule has 8 rings (SSSR count). The van der Waals surface area contributed by atoms with Crippen molar-refractivity contribution in [3.05, 3.63) is 23.3 Å². The lowest BCUT2D eigenvalue weighted by molar-refractivity contribution is -0.187. The van der Waals surface area contributed by atoms with Crippen LogP contribution in [0.3, 0.4) is 0 Å². The summed E-state index contributed by atoms with van der Waals surface area (Å²) in [7, 11) is 0. The number of aliphatic carboxylic acids is 1. The van der Waals surface area contributed by atoms with Crippen molar-refractivity contribution in [3.63, 3.8) is 0 Å². The number of carboxylic acid groups (broad SMARTS) is 1. The van der Waals surface area contributed by atoms with E-state index in [0.717, 1.165) is 0 Å². The molecule has 0 spiro atoms. The minimum absolute atomic E-state index is 0.0701. The third-order valence-electron chi connectivity index (χ3n) is 18.6. The molecule has 0 amide bonds. The molecule has 6 fully saturated rings. The van der Waals surface area contributed by atoms with Crippen LogP contribution in [0.25, 0.3) is 0 Å². The van der Waals surface area contributed by atoms with E-state index in [1.165, 1.54) is 12.2 Å². The van der Waals surface area contributed by atoms with Gasteiger partial charge in [0.05, 0.1) is 12.3 Å². The van der Waals surface area contributed by atoms with E-state index in [-0.39, 0.29) is 85.3 Å². The first-order valence-electron chi connectivity index (χ1n) is 21.7. The minimum Gasteiger partial charge on any atom is -0.481 e. The van der Waals surface area contributed by atoms with Crippen molar-refractivity contribution in [2.75, 3.05) is 13.2 Å². The SMILES string of the molecule is C[C@]12CC(=O)[C@H]3[C@@H](CCC4=CC(=O)CC(OC(=O)C(CC(=O)O)C5CC(=O)C=C6CC[C@H]7[C@@H]8CC[C@](O)(C(=O)CO)[C@@]8(C)CC(=O)[C@@H]7[C@]65C)[C@@]43C)[C@@H]1CC[C@]2(O)C(=O)CO. The van der Waals surface area contributed by atoms with Crippen molar-refractivity contribution in [2.45, 2.75) is 128 Å². The monoisotopic (exact) mass is 834 g/mol. The van der Waals surface area contributed by atoms with Crippen LogP contribution >= 0.6 is 0 Å². The molecule has 5 N–H and O–H groups in total. The van der Waals surface area contributed by atoms with E-state index in [2.05, 4.69) is 0 Å². The predicted octanol–water partition coefficient (Wildman–Crippen LogP) is 2.83. The normalized spacial score (nSPS) is 46.1. The van der Waals surface area contributed by atoms with E-state index >= 15 is 0 Å². The zero-order chi connectivity index (χ0) is 43.7. The summed E-state index contributed by atoms with van der Waals surface area (Å²) < 4.78 is 6.39. The van der Waals surface area contributed by atoms with Gasteiger partial charge < -0.3 is 30.3 Å². The number of hydrogen-bond donors (Lipinski definition) is 5. The van der Waals surface area contributed by atoms with Gasteiger partial charge in [0.1, 0.15) is 42.1 Å². The number of rotatable bonds is 9. The smallest absolute Gasteiger partial charge is 0.310 e. The maximum atomic E-state index is 14.9. The number of allylic oxidation sites excluding steroid dienone is 1. The molecule has 0 aromatic heterocycles. The molecule has 0 radical (unpaired) electrons. The molecular weight excluding hydrogens is 776 g/mol. The molecule has 60 heavy (non-hydrogen) atoms. The average molecular weight is 835 g/mol. The van der Waals surface area contributed by atoms with Crippen LogP contribution in [-0.4, -0.2) is 103 Å². The highest BCUT2D eigenvalue weighted by Crippen LogP contribution is 2.70. The zero-order valence-corrected chi connectivity index (χ0v) is 34.9. The summed E-state index contributed by atoms with van der Waals surface area (Å²) in [6.45, 7) is 5.32. The summed E-state index contributed by atoms with van der Waals surface area (Å²) in [5.74, 6) is -10.2. The summed E-state index contributed by atoms with van der Waals surface area (Å²) in [6.07, 6.45) is 2.92. The fourth-order valence-corrected chi connectivity index (χ4v) is 15.6. The highest BCUT2D eigenvalue weighted by molar-refractivity contribution is 5.97. The molecule has 8 aliphatic rings. The van der Waals surface area contributed by atoms with Gasteiger partial charge in [-0.15, -0.1) is 0 Å². The largest absolute Gasteiger partial charge is 0.481 e. The van der Waals surface area contributed by atoms with E-state index in [9.17, 15) is 63.9 Å². The van der Waals surface area contributed by atoms with Crippen molar-refractivity contribution in [2.24, 2.45) is 69.0 Å². The molecule has 0 saturated heterocycles. The van der Waals surface area contributed by atoms with Crippen LogP contribution in [0, 0.1) is 69.0 Å². The number of ether oxygens (including phenoxy) is 1.